The summed E-state index contributed by atoms with van der Waals surface area (Å²) in [5, 5.41) is 0. The van der Waals surface area contributed by atoms with Gasteiger partial charge in [0.25, 0.3) is 0 Å². The lowest BCUT2D eigenvalue weighted by molar-refractivity contribution is 0.0691. The fraction of sp³-hybridized carbons (Fsp3) is 1.00. The molecular formula is C10H21NO2. The molecule has 3 heteroatoms. The molecule has 3 nitrogen and oxygen atoms in total. The van der Waals surface area contributed by atoms with Crippen LogP contribution in [0.5, 0.6) is 0 Å². The van der Waals surface area contributed by atoms with Crippen LogP contribution in [0.3, 0.4) is 0 Å². The van der Waals surface area contributed by atoms with Crippen LogP contribution in [-0.4, -0.2) is 31.5 Å². The molecule has 0 aliphatic carbocycles. The third-order valence-electron chi connectivity index (χ3n) is 2.81. The van der Waals surface area contributed by atoms with Crippen molar-refractivity contribution in [1.29, 1.82) is 0 Å². The lowest BCUT2D eigenvalue weighted by Gasteiger charge is -2.27. The Bertz CT molecular complexity index is 152. The Morgan fingerprint density at radius 3 is 2.85 bits per heavy atom. The van der Waals surface area contributed by atoms with Gasteiger partial charge in [-0.2, -0.15) is 0 Å². The largest absolute Gasteiger partial charge is 0.381 e. The van der Waals surface area contributed by atoms with Crippen molar-refractivity contribution >= 4 is 0 Å². The van der Waals surface area contributed by atoms with E-state index in [-0.39, 0.29) is 11.6 Å². The van der Waals surface area contributed by atoms with Crippen molar-refractivity contribution in [2.24, 2.45) is 5.73 Å². The number of rotatable bonds is 5. The summed E-state index contributed by atoms with van der Waals surface area (Å²) in [7, 11) is 0. The van der Waals surface area contributed by atoms with Crippen molar-refractivity contribution in [2.45, 2.75) is 44.8 Å². The van der Waals surface area contributed by atoms with Crippen LogP contribution >= 0.6 is 0 Å². The number of hydrogen-bond donors (Lipinski definition) is 1. The van der Waals surface area contributed by atoms with Gasteiger partial charge in [0.1, 0.15) is 0 Å². The molecular weight excluding hydrogens is 166 g/mol. The molecule has 1 aliphatic heterocycles. The van der Waals surface area contributed by atoms with Crippen molar-refractivity contribution in [2.75, 3.05) is 19.8 Å². The Hall–Kier alpha value is -0.120. The highest BCUT2D eigenvalue weighted by atomic mass is 16.5. The minimum atomic E-state index is -0.145. The van der Waals surface area contributed by atoms with Gasteiger partial charge in [0, 0.05) is 25.4 Å². The van der Waals surface area contributed by atoms with Gasteiger partial charge in [0.2, 0.25) is 0 Å². The van der Waals surface area contributed by atoms with Crippen LogP contribution in [0.25, 0.3) is 0 Å². The number of nitrogens with two attached hydrogens (primary N) is 1. The fourth-order valence-corrected chi connectivity index (χ4v) is 1.63. The molecule has 0 bridgehead atoms. The van der Waals surface area contributed by atoms with Crippen LogP contribution in [0, 0.1) is 0 Å². The number of ether oxygens (including phenoxy) is 2. The van der Waals surface area contributed by atoms with Gasteiger partial charge in [-0.3, -0.25) is 0 Å². The maximum absolute atomic E-state index is 6.18. The molecule has 2 N–H and O–H groups in total. The van der Waals surface area contributed by atoms with E-state index in [4.69, 9.17) is 15.2 Å². The molecule has 0 radical (unpaired) electrons. The first kappa shape index (κ1) is 11.0. The van der Waals surface area contributed by atoms with E-state index < -0.39 is 0 Å². The highest BCUT2D eigenvalue weighted by Gasteiger charge is 2.37. The second-order valence-electron chi connectivity index (χ2n) is 3.86. The highest BCUT2D eigenvalue weighted by Crippen LogP contribution is 2.26. The standard InChI is InChI=1S/C10H21NO2/c1-3-6-12-7-4-10(11)5-8-13-9(10)2/h9H,3-8,11H2,1-2H3. The lowest BCUT2D eigenvalue weighted by atomic mass is 9.90. The minimum Gasteiger partial charge on any atom is -0.381 e. The molecule has 1 rings (SSSR count). The average Bonchev–Trinajstić information content (AvgIpc) is 2.42. The fourth-order valence-electron chi connectivity index (χ4n) is 1.63. The second-order valence-corrected chi connectivity index (χ2v) is 3.86. The van der Waals surface area contributed by atoms with Gasteiger partial charge in [0.05, 0.1) is 6.10 Å². The average molecular weight is 187 g/mol. The third kappa shape index (κ3) is 2.93. The van der Waals surface area contributed by atoms with Crippen LogP contribution in [-0.2, 0) is 9.47 Å². The molecule has 1 fully saturated rings. The van der Waals surface area contributed by atoms with E-state index in [2.05, 4.69) is 6.92 Å². The first-order valence-electron chi connectivity index (χ1n) is 5.17. The third-order valence-corrected chi connectivity index (χ3v) is 2.81. The minimum absolute atomic E-state index is 0.145. The Kier molecular flexibility index (Phi) is 4.16. The van der Waals surface area contributed by atoms with Crippen LogP contribution < -0.4 is 5.73 Å². The first-order chi connectivity index (χ1) is 6.19. The van der Waals surface area contributed by atoms with E-state index in [1.165, 1.54) is 0 Å². The molecule has 2 atom stereocenters. The molecule has 0 amide bonds. The van der Waals surface area contributed by atoms with Crippen LogP contribution in [0.1, 0.15) is 33.1 Å². The summed E-state index contributed by atoms with van der Waals surface area (Å²) in [5.41, 5.74) is 6.03. The van der Waals surface area contributed by atoms with Gasteiger partial charge in [0.15, 0.2) is 0 Å². The summed E-state index contributed by atoms with van der Waals surface area (Å²) < 4.78 is 10.9. The van der Waals surface area contributed by atoms with Crippen molar-refractivity contribution in [3.05, 3.63) is 0 Å². The Morgan fingerprint density at radius 2 is 2.31 bits per heavy atom. The first-order valence-corrected chi connectivity index (χ1v) is 5.17. The summed E-state index contributed by atoms with van der Waals surface area (Å²) >= 11 is 0. The highest BCUT2D eigenvalue weighted by molar-refractivity contribution is 4.94. The zero-order valence-electron chi connectivity index (χ0n) is 8.71. The zero-order valence-corrected chi connectivity index (χ0v) is 8.71. The van der Waals surface area contributed by atoms with Gasteiger partial charge in [-0.15, -0.1) is 0 Å². The summed E-state index contributed by atoms with van der Waals surface area (Å²) in [6.45, 7) is 6.56. The lowest BCUT2D eigenvalue weighted by Crippen LogP contribution is -2.46. The predicted molar refractivity (Wildman–Crippen MR) is 52.7 cm³/mol. The Morgan fingerprint density at radius 1 is 1.54 bits per heavy atom. The van der Waals surface area contributed by atoms with Crippen molar-refractivity contribution in [1.82, 2.24) is 0 Å². The maximum Gasteiger partial charge on any atom is 0.0728 e. The smallest absolute Gasteiger partial charge is 0.0728 e. The predicted octanol–water partition coefficient (Wildman–Crippen LogP) is 1.31. The van der Waals surface area contributed by atoms with Crippen LogP contribution in [0.2, 0.25) is 0 Å². The molecule has 0 saturated carbocycles. The molecule has 0 aromatic heterocycles. The Balaban J connectivity index is 2.18. The van der Waals surface area contributed by atoms with Crippen molar-refractivity contribution < 1.29 is 9.47 Å². The van der Waals surface area contributed by atoms with Crippen LogP contribution in [0.15, 0.2) is 0 Å². The van der Waals surface area contributed by atoms with E-state index in [0.717, 1.165) is 39.1 Å². The topological polar surface area (TPSA) is 44.5 Å². The summed E-state index contributed by atoms with van der Waals surface area (Å²) in [4.78, 5) is 0. The Labute approximate surface area is 80.6 Å². The monoisotopic (exact) mass is 187 g/mol. The van der Waals surface area contributed by atoms with E-state index in [0.29, 0.717) is 0 Å². The van der Waals surface area contributed by atoms with E-state index in [1.54, 1.807) is 0 Å². The molecule has 2 unspecified atom stereocenters. The summed E-state index contributed by atoms with van der Waals surface area (Å²) in [6, 6.07) is 0. The molecule has 78 valence electrons. The summed E-state index contributed by atoms with van der Waals surface area (Å²) in [5.74, 6) is 0. The molecule has 0 aromatic rings. The second kappa shape index (κ2) is 4.94. The van der Waals surface area contributed by atoms with Crippen molar-refractivity contribution in [3.8, 4) is 0 Å². The van der Waals surface area contributed by atoms with Gasteiger partial charge in [-0.1, -0.05) is 6.92 Å². The molecule has 13 heavy (non-hydrogen) atoms. The maximum atomic E-state index is 6.18. The quantitative estimate of drug-likeness (QED) is 0.660. The molecule has 1 heterocycles. The normalized spacial score (nSPS) is 33.9. The van der Waals surface area contributed by atoms with Crippen molar-refractivity contribution in [3.63, 3.8) is 0 Å². The number of hydrogen-bond acceptors (Lipinski definition) is 3. The van der Waals surface area contributed by atoms with Gasteiger partial charge in [-0.05, 0) is 26.2 Å². The van der Waals surface area contributed by atoms with E-state index in [1.807, 2.05) is 6.92 Å². The molecule has 0 aromatic carbocycles. The van der Waals surface area contributed by atoms with Gasteiger partial charge in [-0.25, -0.2) is 0 Å². The van der Waals surface area contributed by atoms with E-state index >= 15 is 0 Å². The van der Waals surface area contributed by atoms with Crippen LogP contribution in [0.4, 0.5) is 0 Å². The SMILES string of the molecule is CCCOCCC1(N)CCOC1C. The molecule has 1 saturated heterocycles. The zero-order chi connectivity index (χ0) is 9.73. The van der Waals surface area contributed by atoms with Gasteiger partial charge >= 0.3 is 0 Å². The molecule has 0 spiro atoms. The van der Waals surface area contributed by atoms with E-state index in [9.17, 15) is 0 Å². The summed E-state index contributed by atoms with van der Waals surface area (Å²) in [6.07, 6.45) is 3.12. The van der Waals surface area contributed by atoms with Gasteiger partial charge < -0.3 is 15.2 Å². The molecule has 1 aliphatic rings.